The number of fused-ring (bicyclic) bond motifs is 1. The predicted octanol–water partition coefficient (Wildman–Crippen LogP) is 3.22. The number of amides is 1. The standard InChI is InChI=1S/C20H26N4O5/c1-20(2,3)29-19(25)22-10-11-23(14(12-22)13-28-4)18-16-6-5-7-17(24(26)27)15(16)8-9-21-18/h5-9,14H,10-13H2,1-4H3. The summed E-state index contributed by atoms with van der Waals surface area (Å²) < 4.78 is 10.9. The summed E-state index contributed by atoms with van der Waals surface area (Å²) in [4.78, 5) is 31.7. The Labute approximate surface area is 169 Å². The van der Waals surface area contributed by atoms with Gasteiger partial charge in [0.1, 0.15) is 11.4 Å². The first-order chi connectivity index (χ1) is 13.7. The number of methoxy groups -OCH3 is 1. The van der Waals surface area contributed by atoms with Gasteiger partial charge in [0.25, 0.3) is 5.69 Å². The molecular formula is C20H26N4O5. The normalized spacial score (nSPS) is 17.4. The number of carbonyl (C=O) groups excluding carboxylic acids is 1. The first-order valence-electron chi connectivity index (χ1n) is 9.47. The molecular weight excluding hydrogens is 376 g/mol. The van der Waals surface area contributed by atoms with Crippen LogP contribution in [0.2, 0.25) is 0 Å². The monoisotopic (exact) mass is 402 g/mol. The van der Waals surface area contributed by atoms with Crippen LogP contribution in [0.15, 0.2) is 30.5 Å². The van der Waals surface area contributed by atoms with Crippen molar-refractivity contribution in [1.82, 2.24) is 9.88 Å². The van der Waals surface area contributed by atoms with Crippen LogP contribution in [0.3, 0.4) is 0 Å². The van der Waals surface area contributed by atoms with E-state index in [4.69, 9.17) is 9.47 Å². The van der Waals surface area contributed by atoms with Crippen molar-refractivity contribution in [3.05, 3.63) is 40.6 Å². The fraction of sp³-hybridized carbons (Fsp3) is 0.500. The number of aromatic nitrogens is 1. The minimum Gasteiger partial charge on any atom is -0.444 e. The van der Waals surface area contributed by atoms with Gasteiger partial charge in [-0.1, -0.05) is 12.1 Å². The number of carbonyl (C=O) groups is 1. The second-order valence-corrected chi connectivity index (χ2v) is 7.99. The number of rotatable bonds is 4. The Bertz CT molecular complexity index is 911. The summed E-state index contributed by atoms with van der Waals surface area (Å²) in [6.45, 7) is 7.27. The zero-order valence-corrected chi connectivity index (χ0v) is 17.1. The lowest BCUT2D eigenvalue weighted by atomic mass is 10.1. The van der Waals surface area contributed by atoms with Crippen molar-refractivity contribution in [3.63, 3.8) is 0 Å². The molecule has 9 nitrogen and oxygen atoms in total. The van der Waals surface area contributed by atoms with Gasteiger partial charge >= 0.3 is 6.09 Å². The molecule has 0 aliphatic carbocycles. The van der Waals surface area contributed by atoms with Crippen molar-refractivity contribution in [1.29, 1.82) is 0 Å². The van der Waals surface area contributed by atoms with Crippen LogP contribution < -0.4 is 4.90 Å². The highest BCUT2D eigenvalue weighted by Crippen LogP contribution is 2.32. The average molecular weight is 402 g/mol. The van der Waals surface area contributed by atoms with E-state index < -0.39 is 5.60 Å². The zero-order valence-electron chi connectivity index (χ0n) is 17.1. The van der Waals surface area contributed by atoms with E-state index in [1.807, 2.05) is 26.8 Å². The second-order valence-electron chi connectivity index (χ2n) is 7.99. The number of non-ortho nitro benzene ring substituents is 1. The van der Waals surface area contributed by atoms with Gasteiger partial charge in [0, 0.05) is 44.4 Å². The van der Waals surface area contributed by atoms with E-state index in [-0.39, 0.29) is 22.7 Å². The molecule has 2 heterocycles. The minimum absolute atomic E-state index is 0.0434. The highest BCUT2D eigenvalue weighted by atomic mass is 16.6. The van der Waals surface area contributed by atoms with Crippen molar-refractivity contribution in [2.75, 3.05) is 38.3 Å². The minimum atomic E-state index is -0.568. The fourth-order valence-corrected chi connectivity index (χ4v) is 3.52. The van der Waals surface area contributed by atoms with Gasteiger partial charge in [-0.15, -0.1) is 0 Å². The van der Waals surface area contributed by atoms with Gasteiger partial charge in [-0.2, -0.15) is 0 Å². The van der Waals surface area contributed by atoms with E-state index in [0.29, 0.717) is 42.8 Å². The Morgan fingerprint density at radius 2 is 2.03 bits per heavy atom. The van der Waals surface area contributed by atoms with Gasteiger partial charge in [-0.25, -0.2) is 9.78 Å². The molecule has 1 unspecified atom stereocenters. The highest BCUT2D eigenvalue weighted by molar-refractivity contribution is 5.98. The average Bonchev–Trinajstić information content (AvgIpc) is 2.66. The third-order valence-electron chi connectivity index (χ3n) is 4.72. The predicted molar refractivity (Wildman–Crippen MR) is 109 cm³/mol. The van der Waals surface area contributed by atoms with Crippen molar-refractivity contribution in [3.8, 4) is 0 Å². The molecule has 2 aromatic rings. The quantitative estimate of drug-likeness (QED) is 0.572. The summed E-state index contributed by atoms with van der Waals surface area (Å²) in [6, 6.07) is 6.47. The smallest absolute Gasteiger partial charge is 0.410 e. The van der Waals surface area contributed by atoms with Crippen LogP contribution in [0, 0.1) is 10.1 Å². The number of piperazine rings is 1. The summed E-state index contributed by atoms with van der Waals surface area (Å²) in [6.07, 6.45) is 1.22. The SMILES string of the molecule is COCC1CN(C(=O)OC(C)(C)C)CCN1c1nccc2c([N+](=O)[O-])cccc12. The van der Waals surface area contributed by atoms with Gasteiger partial charge in [-0.05, 0) is 26.8 Å². The Balaban J connectivity index is 1.92. The number of hydrogen-bond donors (Lipinski definition) is 0. The molecule has 3 rings (SSSR count). The first-order valence-corrected chi connectivity index (χ1v) is 9.47. The first kappa shape index (κ1) is 20.8. The van der Waals surface area contributed by atoms with Crippen LogP contribution >= 0.6 is 0 Å². The lowest BCUT2D eigenvalue weighted by Gasteiger charge is -2.42. The number of hydrogen-bond acceptors (Lipinski definition) is 7. The van der Waals surface area contributed by atoms with Gasteiger partial charge < -0.3 is 19.3 Å². The molecule has 1 aromatic carbocycles. The molecule has 1 aliphatic rings. The number of ether oxygens (including phenoxy) is 2. The van der Waals surface area contributed by atoms with E-state index in [9.17, 15) is 14.9 Å². The summed E-state index contributed by atoms with van der Waals surface area (Å²) in [5.74, 6) is 0.650. The summed E-state index contributed by atoms with van der Waals surface area (Å²) in [7, 11) is 1.60. The number of pyridine rings is 1. The van der Waals surface area contributed by atoms with E-state index >= 15 is 0 Å². The Hall–Kier alpha value is -2.94. The van der Waals surface area contributed by atoms with Crippen LogP contribution in [0.5, 0.6) is 0 Å². The number of benzene rings is 1. The lowest BCUT2D eigenvalue weighted by molar-refractivity contribution is -0.383. The molecule has 0 N–H and O–H groups in total. The highest BCUT2D eigenvalue weighted by Gasteiger charge is 2.33. The Morgan fingerprint density at radius 1 is 1.28 bits per heavy atom. The maximum atomic E-state index is 12.5. The molecule has 0 saturated carbocycles. The molecule has 29 heavy (non-hydrogen) atoms. The van der Waals surface area contributed by atoms with Crippen molar-refractivity contribution >= 4 is 28.4 Å². The molecule has 1 saturated heterocycles. The molecule has 1 aromatic heterocycles. The molecule has 0 bridgehead atoms. The Morgan fingerprint density at radius 3 is 2.69 bits per heavy atom. The molecule has 0 radical (unpaired) electrons. The van der Waals surface area contributed by atoms with Crippen LogP contribution in [-0.2, 0) is 9.47 Å². The van der Waals surface area contributed by atoms with E-state index in [1.54, 1.807) is 30.3 Å². The van der Waals surface area contributed by atoms with Crippen molar-refractivity contribution in [2.45, 2.75) is 32.4 Å². The number of nitro benzene ring substituents is 1. The lowest BCUT2D eigenvalue weighted by Crippen LogP contribution is -2.57. The molecule has 1 fully saturated rings. The maximum Gasteiger partial charge on any atom is 0.410 e. The largest absolute Gasteiger partial charge is 0.444 e. The topological polar surface area (TPSA) is 98.0 Å². The number of nitro groups is 1. The third-order valence-corrected chi connectivity index (χ3v) is 4.72. The summed E-state index contributed by atoms with van der Waals surface area (Å²) >= 11 is 0. The van der Waals surface area contributed by atoms with Crippen molar-refractivity contribution in [2.24, 2.45) is 0 Å². The second kappa shape index (κ2) is 8.20. The van der Waals surface area contributed by atoms with Gasteiger partial charge in [0.2, 0.25) is 0 Å². The molecule has 156 valence electrons. The van der Waals surface area contributed by atoms with E-state index in [2.05, 4.69) is 9.88 Å². The van der Waals surface area contributed by atoms with E-state index in [1.165, 1.54) is 6.07 Å². The number of anilines is 1. The van der Waals surface area contributed by atoms with Crippen molar-refractivity contribution < 1.29 is 19.2 Å². The van der Waals surface area contributed by atoms with Crippen LogP contribution in [-0.4, -0.2) is 65.9 Å². The third kappa shape index (κ3) is 4.56. The molecule has 9 heteroatoms. The van der Waals surface area contributed by atoms with Crippen LogP contribution in [0.1, 0.15) is 20.8 Å². The van der Waals surface area contributed by atoms with Gasteiger partial charge in [-0.3, -0.25) is 10.1 Å². The Kier molecular flexibility index (Phi) is 5.88. The number of nitrogens with zero attached hydrogens (tertiary/aromatic N) is 4. The van der Waals surface area contributed by atoms with E-state index in [0.717, 1.165) is 0 Å². The molecule has 0 spiro atoms. The summed E-state index contributed by atoms with van der Waals surface area (Å²) in [5, 5.41) is 12.6. The molecule has 1 amide bonds. The van der Waals surface area contributed by atoms with Gasteiger partial charge in [0.15, 0.2) is 0 Å². The maximum absolute atomic E-state index is 12.5. The van der Waals surface area contributed by atoms with Crippen LogP contribution in [0.4, 0.5) is 16.3 Å². The van der Waals surface area contributed by atoms with Gasteiger partial charge in [0.05, 0.1) is 23.0 Å². The zero-order chi connectivity index (χ0) is 21.2. The summed E-state index contributed by atoms with van der Waals surface area (Å²) in [5.41, 5.74) is -0.525. The molecule has 1 aliphatic heterocycles. The molecule has 1 atom stereocenters. The van der Waals surface area contributed by atoms with Crippen LogP contribution in [0.25, 0.3) is 10.8 Å². The fourth-order valence-electron chi connectivity index (χ4n) is 3.52.